The third-order valence-corrected chi connectivity index (χ3v) is 4.57. The molecular weight excluding hydrogens is 374 g/mol. The number of esters is 1. The lowest BCUT2D eigenvalue weighted by Gasteiger charge is -2.18. The summed E-state index contributed by atoms with van der Waals surface area (Å²) in [5.74, 6) is -2.21. The third kappa shape index (κ3) is 4.63. The molecule has 1 atom stereocenters. The maximum Gasteiger partial charge on any atom is 0.407 e. The van der Waals surface area contributed by atoms with E-state index in [4.69, 9.17) is 14.6 Å². The number of carboxylic acid groups (broad SMARTS) is 1. The van der Waals surface area contributed by atoms with E-state index in [0.717, 1.165) is 22.3 Å². The number of carboxylic acids is 1. The lowest BCUT2D eigenvalue weighted by molar-refractivity contribution is -0.147. The standard InChI is InChI=1S/C22H21NO6/c1-13(2)29-21(26)19(11-20(24)25)23-22(27)28-12-18-16-9-5-3-7-14(16)15-8-4-6-10-17(15)18/h3-10,18-19H,1,11-12H2,2H3,(H,23,27)(H,24,25). The smallest absolute Gasteiger partial charge is 0.407 e. The number of hydrogen-bond donors (Lipinski definition) is 2. The lowest BCUT2D eigenvalue weighted by atomic mass is 9.98. The van der Waals surface area contributed by atoms with Gasteiger partial charge < -0.3 is 19.9 Å². The largest absolute Gasteiger partial charge is 0.481 e. The Hall–Kier alpha value is -3.61. The van der Waals surface area contributed by atoms with Gasteiger partial charge >= 0.3 is 18.0 Å². The van der Waals surface area contributed by atoms with E-state index < -0.39 is 30.5 Å². The number of aliphatic carboxylic acids is 1. The van der Waals surface area contributed by atoms with Crippen molar-refractivity contribution >= 4 is 18.0 Å². The Morgan fingerprint density at radius 2 is 1.62 bits per heavy atom. The first-order chi connectivity index (χ1) is 13.9. The van der Waals surface area contributed by atoms with Crippen LogP contribution in [-0.2, 0) is 19.1 Å². The molecule has 0 spiro atoms. The maximum atomic E-state index is 12.2. The normalized spacial score (nSPS) is 13.0. The van der Waals surface area contributed by atoms with Crippen molar-refractivity contribution in [2.45, 2.75) is 25.3 Å². The SMILES string of the molecule is C=C(C)OC(=O)C(CC(=O)O)NC(=O)OCC1c2ccccc2-c2ccccc21. The van der Waals surface area contributed by atoms with Crippen molar-refractivity contribution in [3.8, 4) is 11.1 Å². The third-order valence-electron chi connectivity index (χ3n) is 4.57. The molecule has 2 N–H and O–H groups in total. The van der Waals surface area contributed by atoms with E-state index in [1.807, 2.05) is 48.5 Å². The summed E-state index contributed by atoms with van der Waals surface area (Å²) < 4.78 is 10.2. The molecule has 1 aliphatic rings. The van der Waals surface area contributed by atoms with Crippen LogP contribution in [0.25, 0.3) is 11.1 Å². The van der Waals surface area contributed by atoms with E-state index in [1.165, 1.54) is 6.92 Å². The van der Waals surface area contributed by atoms with Crippen molar-refractivity contribution in [3.63, 3.8) is 0 Å². The number of nitrogens with one attached hydrogen (secondary N) is 1. The summed E-state index contributed by atoms with van der Waals surface area (Å²) >= 11 is 0. The molecule has 0 saturated heterocycles. The summed E-state index contributed by atoms with van der Waals surface area (Å²) in [6, 6.07) is 14.4. The van der Waals surface area contributed by atoms with Gasteiger partial charge in [-0.25, -0.2) is 9.59 Å². The van der Waals surface area contributed by atoms with Gasteiger partial charge in [-0.3, -0.25) is 4.79 Å². The Labute approximate surface area is 167 Å². The minimum absolute atomic E-state index is 0.0508. The number of allylic oxidation sites excluding steroid dienone is 1. The first kappa shape index (κ1) is 20.1. The predicted molar refractivity (Wildman–Crippen MR) is 105 cm³/mol. The molecule has 2 aromatic rings. The first-order valence-corrected chi connectivity index (χ1v) is 9.07. The highest BCUT2D eigenvalue weighted by molar-refractivity contribution is 5.86. The first-order valence-electron chi connectivity index (χ1n) is 9.07. The molecule has 2 aromatic carbocycles. The summed E-state index contributed by atoms with van der Waals surface area (Å²) in [5.41, 5.74) is 4.27. The van der Waals surface area contributed by atoms with Crippen LogP contribution in [-0.4, -0.2) is 35.8 Å². The van der Waals surface area contributed by atoms with Gasteiger partial charge in [0.15, 0.2) is 0 Å². The molecule has 7 nitrogen and oxygen atoms in total. The fraction of sp³-hybridized carbons (Fsp3) is 0.227. The molecule has 0 radical (unpaired) electrons. The molecule has 3 rings (SSSR count). The lowest BCUT2D eigenvalue weighted by Crippen LogP contribution is -2.43. The minimum atomic E-state index is -1.38. The van der Waals surface area contributed by atoms with Crippen molar-refractivity contribution in [1.29, 1.82) is 0 Å². The van der Waals surface area contributed by atoms with Crippen LogP contribution in [0.3, 0.4) is 0 Å². The van der Waals surface area contributed by atoms with Crippen molar-refractivity contribution in [3.05, 3.63) is 72.0 Å². The Bertz CT molecular complexity index is 922. The monoisotopic (exact) mass is 395 g/mol. The average Bonchev–Trinajstić information content (AvgIpc) is 2.99. The molecule has 0 fully saturated rings. The maximum absolute atomic E-state index is 12.2. The van der Waals surface area contributed by atoms with Crippen LogP contribution in [0.2, 0.25) is 0 Å². The molecule has 0 heterocycles. The highest BCUT2D eigenvalue weighted by Crippen LogP contribution is 2.44. The summed E-state index contributed by atoms with van der Waals surface area (Å²) in [6.45, 7) is 4.93. The van der Waals surface area contributed by atoms with E-state index in [0.29, 0.717) is 0 Å². The van der Waals surface area contributed by atoms with E-state index in [1.54, 1.807) is 0 Å². The fourth-order valence-corrected chi connectivity index (χ4v) is 3.39. The van der Waals surface area contributed by atoms with Gasteiger partial charge in [-0.2, -0.15) is 0 Å². The number of benzene rings is 2. The molecule has 1 unspecified atom stereocenters. The predicted octanol–water partition coefficient (Wildman–Crippen LogP) is 3.45. The summed E-state index contributed by atoms with van der Waals surface area (Å²) in [4.78, 5) is 35.2. The number of alkyl carbamates (subject to hydrolysis) is 1. The van der Waals surface area contributed by atoms with Gasteiger partial charge in [-0.05, 0) is 29.2 Å². The molecule has 0 saturated carbocycles. The fourth-order valence-electron chi connectivity index (χ4n) is 3.39. The number of amides is 1. The summed E-state index contributed by atoms with van der Waals surface area (Å²) in [6.07, 6.45) is -1.52. The second kappa shape index (κ2) is 8.60. The van der Waals surface area contributed by atoms with Crippen LogP contribution in [0.15, 0.2) is 60.9 Å². The molecule has 0 aromatic heterocycles. The Kier molecular flexibility index (Phi) is 5.97. The van der Waals surface area contributed by atoms with Gasteiger partial charge in [0.2, 0.25) is 0 Å². The van der Waals surface area contributed by atoms with Crippen molar-refractivity contribution < 1.29 is 29.0 Å². The van der Waals surface area contributed by atoms with Gasteiger partial charge in [-0.15, -0.1) is 0 Å². The van der Waals surface area contributed by atoms with Crippen molar-refractivity contribution in [2.24, 2.45) is 0 Å². The zero-order valence-electron chi connectivity index (χ0n) is 15.9. The second-order valence-electron chi connectivity index (χ2n) is 6.74. The van der Waals surface area contributed by atoms with Crippen LogP contribution in [0.5, 0.6) is 0 Å². The van der Waals surface area contributed by atoms with Gasteiger partial charge in [0.25, 0.3) is 0 Å². The van der Waals surface area contributed by atoms with Gasteiger partial charge in [0.1, 0.15) is 12.6 Å². The molecule has 1 aliphatic carbocycles. The Morgan fingerprint density at radius 3 is 2.14 bits per heavy atom. The van der Waals surface area contributed by atoms with E-state index in [2.05, 4.69) is 11.9 Å². The van der Waals surface area contributed by atoms with Crippen LogP contribution < -0.4 is 5.32 Å². The number of carbonyl (C=O) groups excluding carboxylic acids is 2. The molecule has 7 heteroatoms. The number of rotatable bonds is 7. The number of fused-ring (bicyclic) bond motifs is 3. The van der Waals surface area contributed by atoms with Crippen LogP contribution in [0.4, 0.5) is 4.79 Å². The topological polar surface area (TPSA) is 102 Å². The highest BCUT2D eigenvalue weighted by atomic mass is 16.6. The van der Waals surface area contributed by atoms with Crippen LogP contribution in [0.1, 0.15) is 30.4 Å². The zero-order chi connectivity index (χ0) is 21.0. The van der Waals surface area contributed by atoms with E-state index in [9.17, 15) is 14.4 Å². The number of hydrogen-bond acceptors (Lipinski definition) is 5. The summed E-state index contributed by atoms with van der Waals surface area (Å²) in [5, 5.41) is 11.2. The molecule has 0 aliphatic heterocycles. The highest BCUT2D eigenvalue weighted by Gasteiger charge is 2.30. The Balaban J connectivity index is 1.69. The molecule has 29 heavy (non-hydrogen) atoms. The van der Waals surface area contributed by atoms with Crippen LogP contribution in [0, 0.1) is 0 Å². The van der Waals surface area contributed by atoms with Gasteiger partial charge in [0.05, 0.1) is 12.2 Å². The van der Waals surface area contributed by atoms with Crippen LogP contribution >= 0.6 is 0 Å². The molecule has 150 valence electrons. The van der Waals surface area contributed by atoms with Crippen molar-refractivity contribution in [1.82, 2.24) is 5.32 Å². The minimum Gasteiger partial charge on any atom is -0.481 e. The molecular formula is C22H21NO6. The van der Waals surface area contributed by atoms with E-state index >= 15 is 0 Å². The number of carbonyl (C=O) groups is 3. The second-order valence-corrected chi connectivity index (χ2v) is 6.74. The summed E-state index contributed by atoms with van der Waals surface area (Å²) in [7, 11) is 0. The zero-order valence-corrected chi connectivity index (χ0v) is 15.9. The quantitative estimate of drug-likeness (QED) is 0.550. The van der Waals surface area contributed by atoms with E-state index in [-0.39, 0.29) is 18.3 Å². The average molecular weight is 395 g/mol. The number of ether oxygens (including phenoxy) is 2. The Morgan fingerprint density at radius 1 is 1.07 bits per heavy atom. The molecule has 0 bridgehead atoms. The van der Waals surface area contributed by atoms with Gasteiger partial charge in [-0.1, -0.05) is 55.1 Å². The molecule has 1 amide bonds. The van der Waals surface area contributed by atoms with Crippen molar-refractivity contribution in [2.75, 3.05) is 6.61 Å². The van der Waals surface area contributed by atoms with Gasteiger partial charge in [0, 0.05) is 5.92 Å².